The SMILES string of the molecule is Cc1ccccc1C=Cc1nc(COCCCCn2ccnc2CC(O)CO)co1. The second kappa shape index (κ2) is 11.4. The molecule has 2 heterocycles. The van der Waals surface area contributed by atoms with Crippen molar-refractivity contribution in [2.24, 2.45) is 0 Å². The highest BCUT2D eigenvalue weighted by atomic mass is 16.5. The van der Waals surface area contributed by atoms with Crippen LogP contribution in [0.3, 0.4) is 0 Å². The maximum atomic E-state index is 9.57. The molecule has 3 rings (SSSR count). The molecule has 7 nitrogen and oxygen atoms in total. The molecule has 1 atom stereocenters. The van der Waals surface area contributed by atoms with E-state index in [0.717, 1.165) is 36.5 Å². The zero-order valence-corrected chi connectivity index (χ0v) is 17.3. The highest BCUT2D eigenvalue weighted by Crippen LogP contribution is 2.13. The number of imidazole rings is 1. The molecule has 0 spiro atoms. The van der Waals surface area contributed by atoms with E-state index in [2.05, 4.69) is 29.0 Å². The van der Waals surface area contributed by atoms with E-state index in [9.17, 15) is 5.11 Å². The molecule has 0 amide bonds. The standard InChI is InChI=1S/C23H29N3O4/c1-18-6-2-3-7-19(18)8-9-23-25-20(17-30-23)16-29-13-5-4-11-26-12-10-24-22(26)14-21(28)15-27/h2-3,6-10,12,17,21,27-28H,4-5,11,13-16H2,1H3. The Labute approximate surface area is 176 Å². The summed E-state index contributed by atoms with van der Waals surface area (Å²) in [6, 6.07) is 8.15. The van der Waals surface area contributed by atoms with Crippen LogP contribution in [0.5, 0.6) is 0 Å². The fraction of sp³-hybridized carbons (Fsp3) is 0.391. The van der Waals surface area contributed by atoms with Crippen LogP contribution in [-0.2, 0) is 24.3 Å². The molecule has 0 radical (unpaired) electrons. The number of nitrogens with zero attached hydrogens (tertiary/aromatic N) is 3. The van der Waals surface area contributed by atoms with Crippen molar-refractivity contribution >= 4 is 12.2 Å². The molecule has 0 bridgehead atoms. The summed E-state index contributed by atoms with van der Waals surface area (Å²) in [6.07, 6.45) is 10.5. The minimum Gasteiger partial charge on any atom is -0.445 e. The number of benzene rings is 1. The second-order valence-corrected chi connectivity index (χ2v) is 7.20. The lowest BCUT2D eigenvalue weighted by molar-refractivity contribution is 0.0929. The number of rotatable bonds is 12. The average molecular weight is 412 g/mol. The predicted octanol–water partition coefficient (Wildman–Crippen LogP) is 3.24. The lowest BCUT2D eigenvalue weighted by atomic mass is 10.1. The predicted molar refractivity (Wildman–Crippen MR) is 115 cm³/mol. The van der Waals surface area contributed by atoms with Crippen LogP contribution in [0.2, 0.25) is 0 Å². The van der Waals surface area contributed by atoms with E-state index in [4.69, 9.17) is 14.3 Å². The Hall–Kier alpha value is -2.74. The molecule has 2 N–H and O–H groups in total. The summed E-state index contributed by atoms with van der Waals surface area (Å²) in [6.45, 7) is 3.66. The normalized spacial score (nSPS) is 12.6. The lowest BCUT2D eigenvalue weighted by Crippen LogP contribution is -2.18. The summed E-state index contributed by atoms with van der Waals surface area (Å²) in [4.78, 5) is 8.66. The van der Waals surface area contributed by atoms with E-state index in [0.29, 0.717) is 25.5 Å². The summed E-state index contributed by atoms with van der Waals surface area (Å²) in [5, 5.41) is 18.5. The summed E-state index contributed by atoms with van der Waals surface area (Å²) >= 11 is 0. The molecule has 0 aliphatic carbocycles. The van der Waals surface area contributed by atoms with E-state index >= 15 is 0 Å². The number of oxazole rings is 1. The molecular formula is C23H29N3O4. The zero-order chi connectivity index (χ0) is 21.2. The van der Waals surface area contributed by atoms with Crippen LogP contribution >= 0.6 is 0 Å². The van der Waals surface area contributed by atoms with Gasteiger partial charge in [0.25, 0.3) is 0 Å². The van der Waals surface area contributed by atoms with Crippen molar-refractivity contribution in [1.82, 2.24) is 14.5 Å². The van der Waals surface area contributed by atoms with E-state index in [1.54, 1.807) is 12.5 Å². The van der Waals surface area contributed by atoms with Crippen molar-refractivity contribution in [2.45, 2.75) is 45.4 Å². The van der Waals surface area contributed by atoms with Crippen molar-refractivity contribution in [3.8, 4) is 0 Å². The minimum atomic E-state index is -0.770. The topological polar surface area (TPSA) is 93.5 Å². The maximum Gasteiger partial charge on any atom is 0.218 e. The van der Waals surface area contributed by atoms with Gasteiger partial charge in [0.1, 0.15) is 17.8 Å². The smallest absolute Gasteiger partial charge is 0.218 e. The fourth-order valence-electron chi connectivity index (χ4n) is 3.07. The Morgan fingerprint density at radius 3 is 2.93 bits per heavy atom. The first kappa shape index (κ1) is 22.0. The molecule has 7 heteroatoms. The van der Waals surface area contributed by atoms with E-state index in [-0.39, 0.29) is 6.61 Å². The van der Waals surface area contributed by atoms with Crippen LogP contribution in [0.4, 0.5) is 0 Å². The Bertz CT molecular complexity index is 932. The molecule has 1 unspecified atom stereocenters. The third-order valence-corrected chi connectivity index (χ3v) is 4.78. The Morgan fingerprint density at radius 1 is 1.23 bits per heavy atom. The Kier molecular flexibility index (Phi) is 8.38. The van der Waals surface area contributed by atoms with Crippen LogP contribution in [0.1, 0.15) is 41.4 Å². The highest BCUT2D eigenvalue weighted by Gasteiger charge is 2.09. The number of aryl methyl sites for hydroxylation is 2. The van der Waals surface area contributed by atoms with Crippen molar-refractivity contribution in [2.75, 3.05) is 13.2 Å². The molecule has 2 aromatic heterocycles. The van der Waals surface area contributed by atoms with Crippen molar-refractivity contribution in [3.05, 3.63) is 71.5 Å². The number of unbranched alkanes of at least 4 members (excludes halogenated alkanes) is 1. The Morgan fingerprint density at radius 2 is 2.10 bits per heavy atom. The summed E-state index contributed by atoms with van der Waals surface area (Å²) in [5.41, 5.74) is 3.12. The van der Waals surface area contributed by atoms with Gasteiger partial charge in [0.2, 0.25) is 5.89 Å². The molecule has 0 saturated heterocycles. The van der Waals surface area contributed by atoms with E-state index in [1.807, 2.05) is 35.0 Å². The number of aliphatic hydroxyl groups is 2. The summed E-state index contributed by atoms with van der Waals surface area (Å²) in [7, 11) is 0. The van der Waals surface area contributed by atoms with Gasteiger partial charge in [0, 0.05) is 38.0 Å². The van der Waals surface area contributed by atoms with Crippen LogP contribution in [0.15, 0.2) is 47.3 Å². The van der Waals surface area contributed by atoms with Gasteiger partial charge in [-0.2, -0.15) is 0 Å². The summed E-state index contributed by atoms with van der Waals surface area (Å²) in [5.74, 6) is 1.35. The molecule has 160 valence electrons. The van der Waals surface area contributed by atoms with Gasteiger partial charge in [-0.25, -0.2) is 9.97 Å². The molecule has 3 aromatic rings. The molecule has 0 fully saturated rings. The van der Waals surface area contributed by atoms with Crippen LogP contribution in [-0.4, -0.2) is 44.1 Å². The molecule has 0 aliphatic rings. The number of aliphatic hydroxyl groups excluding tert-OH is 2. The number of hydrogen-bond acceptors (Lipinski definition) is 6. The lowest BCUT2D eigenvalue weighted by Gasteiger charge is -2.10. The molecular weight excluding hydrogens is 382 g/mol. The minimum absolute atomic E-state index is 0.258. The highest BCUT2D eigenvalue weighted by molar-refractivity contribution is 5.67. The van der Waals surface area contributed by atoms with E-state index in [1.165, 1.54) is 5.56 Å². The zero-order valence-electron chi connectivity index (χ0n) is 17.3. The van der Waals surface area contributed by atoms with Crippen molar-refractivity contribution in [1.29, 1.82) is 0 Å². The van der Waals surface area contributed by atoms with Gasteiger partial charge in [-0.15, -0.1) is 0 Å². The molecule has 1 aromatic carbocycles. The van der Waals surface area contributed by atoms with Crippen LogP contribution < -0.4 is 0 Å². The second-order valence-electron chi connectivity index (χ2n) is 7.20. The average Bonchev–Trinajstić information content (AvgIpc) is 3.39. The van der Waals surface area contributed by atoms with Gasteiger partial charge in [-0.05, 0) is 37.0 Å². The van der Waals surface area contributed by atoms with Gasteiger partial charge in [0.15, 0.2) is 0 Å². The molecule has 30 heavy (non-hydrogen) atoms. The van der Waals surface area contributed by atoms with E-state index < -0.39 is 6.10 Å². The first-order valence-electron chi connectivity index (χ1n) is 10.2. The van der Waals surface area contributed by atoms with Gasteiger partial charge in [-0.3, -0.25) is 0 Å². The largest absolute Gasteiger partial charge is 0.445 e. The van der Waals surface area contributed by atoms with Crippen LogP contribution in [0, 0.1) is 6.92 Å². The number of ether oxygens (including phenoxy) is 1. The third-order valence-electron chi connectivity index (χ3n) is 4.78. The first-order valence-corrected chi connectivity index (χ1v) is 10.2. The van der Waals surface area contributed by atoms with Crippen LogP contribution in [0.25, 0.3) is 12.2 Å². The van der Waals surface area contributed by atoms with Crippen molar-refractivity contribution < 1.29 is 19.4 Å². The number of hydrogen-bond donors (Lipinski definition) is 2. The molecule has 0 aliphatic heterocycles. The summed E-state index contributed by atoms with van der Waals surface area (Å²) < 4.78 is 13.2. The van der Waals surface area contributed by atoms with Gasteiger partial charge in [-0.1, -0.05) is 24.3 Å². The van der Waals surface area contributed by atoms with Gasteiger partial charge in [0.05, 0.1) is 19.3 Å². The van der Waals surface area contributed by atoms with Crippen molar-refractivity contribution in [3.63, 3.8) is 0 Å². The monoisotopic (exact) mass is 411 g/mol. The first-order chi connectivity index (χ1) is 14.7. The maximum absolute atomic E-state index is 9.57. The fourth-order valence-corrected chi connectivity index (χ4v) is 3.07. The Balaban J connectivity index is 1.35. The van der Waals surface area contributed by atoms with Gasteiger partial charge < -0.3 is 23.9 Å². The molecule has 0 saturated carbocycles. The van der Waals surface area contributed by atoms with Gasteiger partial charge >= 0.3 is 0 Å². The third kappa shape index (κ3) is 6.66. The number of aromatic nitrogens is 3. The quantitative estimate of drug-likeness (QED) is 0.445.